The number of hydrogen-bond acceptors (Lipinski definition) is 1. The van der Waals surface area contributed by atoms with Crippen LogP contribution >= 0.6 is 11.6 Å². The predicted octanol–water partition coefficient (Wildman–Crippen LogP) is 4.01. The Bertz CT molecular complexity index is 375. The summed E-state index contributed by atoms with van der Waals surface area (Å²) in [7, 11) is 0. The smallest absolute Gasteiger partial charge is 0.0638 e. The summed E-state index contributed by atoms with van der Waals surface area (Å²) in [6, 6.07) is 6.49. The summed E-state index contributed by atoms with van der Waals surface area (Å²) >= 11 is 6.56. The van der Waals surface area contributed by atoms with Crippen LogP contribution in [-0.2, 0) is 4.74 Å². The van der Waals surface area contributed by atoms with Crippen LogP contribution in [0, 0.1) is 19.8 Å². The molecule has 0 radical (unpaired) electrons. The first-order valence-corrected chi connectivity index (χ1v) is 6.34. The van der Waals surface area contributed by atoms with Gasteiger partial charge in [-0.2, -0.15) is 0 Å². The van der Waals surface area contributed by atoms with E-state index in [4.69, 9.17) is 16.3 Å². The Morgan fingerprint density at radius 1 is 1.38 bits per heavy atom. The minimum Gasteiger partial charge on any atom is -0.378 e. The van der Waals surface area contributed by atoms with Gasteiger partial charge in [0, 0.05) is 5.92 Å². The molecule has 1 heterocycles. The molecule has 1 saturated heterocycles. The van der Waals surface area contributed by atoms with E-state index in [2.05, 4.69) is 39.0 Å². The van der Waals surface area contributed by atoms with Gasteiger partial charge in [-0.15, -0.1) is 11.6 Å². The van der Waals surface area contributed by atoms with Crippen LogP contribution in [0.15, 0.2) is 18.2 Å². The molecule has 88 valence electrons. The number of benzene rings is 1. The molecule has 1 nitrogen and oxygen atoms in total. The van der Waals surface area contributed by atoms with E-state index in [1.165, 1.54) is 16.7 Å². The monoisotopic (exact) mass is 238 g/mol. The second-order valence-electron chi connectivity index (χ2n) is 4.90. The van der Waals surface area contributed by atoms with E-state index in [0.29, 0.717) is 12.0 Å². The standard InChI is InChI=1S/C14H19ClO/c1-9-4-5-13(10(2)6-9)14(15)12-7-11(3)16-8-12/h4-6,11-12,14H,7-8H2,1-3H3. The molecule has 3 atom stereocenters. The first kappa shape index (κ1) is 11.9. The van der Waals surface area contributed by atoms with Gasteiger partial charge in [0.25, 0.3) is 0 Å². The molecule has 0 aromatic heterocycles. The van der Waals surface area contributed by atoms with Crippen LogP contribution in [0.4, 0.5) is 0 Å². The van der Waals surface area contributed by atoms with Gasteiger partial charge < -0.3 is 4.74 Å². The summed E-state index contributed by atoms with van der Waals surface area (Å²) < 4.78 is 5.59. The average molecular weight is 239 g/mol. The maximum Gasteiger partial charge on any atom is 0.0638 e. The van der Waals surface area contributed by atoms with Crippen LogP contribution in [0.1, 0.15) is 35.4 Å². The van der Waals surface area contributed by atoms with Gasteiger partial charge in [0.05, 0.1) is 18.1 Å². The van der Waals surface area contributed by atoms with Crippen molar-refractivity contribution in [3.8, 4) is 0 Å². The topological polar surface area (TPSA) is 9.23 Å². The lowest BCUT2D eigenvalue weighted by Gasteiger charge is -2.18. The molecule has 2 rings (SSSR count). The third-order valence-electron chi connectivity index (χ3n) is 3.37. The molecule has 2 heteroatoms. The molecule has 0 bridgehead atoms. The molecule has 3 unspecified atom stereocenters. The van der Waals surface area contributed by atoms with E-state index in [-0.39, 0.29) is 5.38 Å². The lowest BCUT2D eigenvalue weighted by Crippen LogP contribution is -2.09. The second-order valence-corrected chi connectivity index (χ2v) is 5.37. The van der Waals surface area contributed by atoms with Gasteiger partial charge in [0.1, 0.15) is 0 Å². The van der Waals surface area contributed by atoms with Crippen LogP contribution in [0.25, 0.3) is 0 Å². The molecule has 16 heavy (non-hydrogen) atoms. The van der Waals surface area contributed by atoms with Crippen molar-refractivity contribution in [1.29, 1.82) is 0 Å². The molecular weight excluding hydrogens is 220 g/mol. The number of ether oxygens (including phenoxy) is 1. The second kappa shape index (κ2) is 4.77. The van der Waals surface area contributed by atoms with E-state index in [9.17, 15) is 0 Å². The normalized spacial score (nSPS) is 27.0. The van der Waals surface area contributed by atoms with E-state index in [1.54, 1.807) is 0 Å². The predicted molar refractivity (Wildman–Crippen MR) is 68.0 cm³/mol. The molecule has 0 aliphatic carbocycles. The lowest BCUT2D eigenvalue weighted by molar-refractivity contribution is 0.120. The number of aryl methyl sites for hydroxylation is 2. The third kappa shape index (κ3) is 2.41. The fourth-order valence-electron chi connectivity index (χ4n) is 2.44. The van der Waals surface area contributed by atoms with Gasteiger partial charge in [-0.05, 0) is 38.3 Å². The molecule has 0 spiro atoms. The molecule has 1 aromatic rings. The zero-order valence-corrected chi connectivity index (χ0v) is 10.9. The molecule has 1 aliphatic heterocycles. The Hall–Kier alpha value is -0.530. The zero-order chi connectivity index (χ0) is 11.7. The summed E-state index contributed by atoms with van der Waals surface area (Å²) in [6.45, 7) is 7.16. The fraction of sp³-hybridized carbons (Fsp3) is 0.571. The van der Waals surface area contributed by atoms with Gasteiger partial charge >= 0.3 is 0 Å². The lowest BCUT2D eigenvalue weighted by atomic mass is 9.93. The number of alkyl halides is 1. The van der Waals surface area contributed by atoms with Crippen molar-refractivity contribution in [2.45, 2.75) is 38.7 Å². The van der Waals surface area contributed by atoms with Crippen molar-refractivity contribution in [1.82, 2.24) is 0 Å². The number of hydrogen-bond donors (Lipinski definition) is 0. The van der Waals surface area contributed by atoms with Crippen LogP contribution in [-0.4, -0.2) is 12.7 Å². The molecule has 1 fully saturated rings. The Balaban J connectivity index is 2.17. The van der Waals surface area contributed by atoms with Crippen LogP contribution in [0.2, 0.25) is 0 Å². The molecule has 1 aliphatic rings. The number of rotatable bonds is 2. The minimum atomic E-state index is 0.0885. The summed E-state index contributed by atoms with van der Waals surface area (Å²) in [5.41, 5.74) is 3.84. The highest BCUT2D eigenvalue weighted by Gasteiger charge is 2.29. The fourth-order valence-corrected chi connectivity index (χ4v) is 2.86. The highest BCUT2D eigenvalue weighted by Crippen LogP contribution is 2.37. The van der Waals surface area contributed by atoms with Crippen LogP contribution in [0.5, 0.6) is 0 Å². The quantitative estimate of drug-likeness (QED) is 0.708. The Kier molecular flexibility index (Phi) is 3.56. The average Bonchev–Trinajstić information content (AvgIpc) is 2.64. The SMILES string of the molecule is Cc1ccc(C(Cl)C2COC(C)C2)c(C)c1. The first-order valence-electron chi connectivity index (χ1n) is 5.90. The van der Waals surface area contributed by atoms with Crippen molar-refractivity contribution in [2.75, 3.05) is 6.61 Å². The highest BCUT2D eigenvalue weighted by atomic mass is 35.5. The molecule has 0 saturated carbocycles. The molecule has 1 aromatic carbocycles. The van der Waals surface area contributed by atoms with E-state index < -0.39 is 0 Å². The summed E-state index contributed by atoms with van der Waals surface area (Å²) in [5, 5.41) is 0.0885. The summed E-state index contributed by atoms with van der Waals surface area (Å²) in [4.78, 5) is 0. The van der Waals surface area contributed by atoms with Crippen molar-refractivity contribution >= 4 is 11.6 Å². The van der Waals surface area contributed by atoms with E-state index in [0.717, 1.165) is 13.0 Å². The molecule has 0 N–H and O–H groups in total. The first-order chi connectivity index (χ1) is 7.58. The Morgan fingerprint density at radius 2 is 2.12 bits per heavy atom. The molecule has 0 amide bonds. The van der Waals surface area contributed by atoms with Gasteiger partial charge in [-0.25, -0.2) is 0 Å². The summed E-state index contributed by atoms with van der Waals surface area (Å²) in [6.07, 6.45) is 1.43. The third-order valence-corrected chi connectivity index (χ3v) is 3.96. The Morgan fingerprint density at radius 3 is 2.69 bits per heavy atom. The van der Waals surface area contributed by atoms with E-state index in [1.807, 2.05) is 0 Å². The van der Waals surface area contributed by atoms with E-state index >= 15 is 0 Å². The highest BCUT2D eigenvalue weighted by molar-refractivity contribution is 6.21. The summed E-state index contributed by atoms with van der Waals surface area (Å²) in [5.74, 6) is 0.457. The number of halogens is 1. The Labute approximate surface area is 103 Å². The van der Waals surface area contributed by atoms with Gasteiger partial charge in [-0.3, -0.25) is 0 Å². The van der Waals surface area contributed by atoms with Crippen molar-refractivity contribution in [3.63, 3.8) is 0 Å². The van der Waals surface area contributed by atoms with Crippen molar-refractivity contribution < 1.29 is 4.74 Å². The maximum atomic E-state index is 6.56. The maximum absolute atomic E-state index is 6.56. The van der Waals surface area contributed by atoms with Crippen molar-refractivity contribution in [3.05, 3.63) is 34.9 Å². The van der Waals surface area contributed by atoms with Gasteiger partial charge in [0.2, 0.25) is 0 Å². The van der Waals surface area contributed by atoms with Gasteiger partial charge in [0.15, 0.2) is 0 Å². The van der Waals surface area contributed by atoms with Gasteiger partial charge in [-0.1, -0.05) is 23.8 Å². The van der Waals surface area contributed by atoms with Crippen LogP contribution < -0.4 is 0 Å². The molecular formula is C14H19ClO. The minimum absolute atomic E-state index is 0.0885. The largest absolute Gasteiger partial charge is 0.378 e. The zero-order valence-electron chi connectivity index (χ0n) is 10.2. The van der Waals surface area contributed by atoms with Crippen molar-refractivity contribution in [2.24, 2.45) is 5.92 Å². The van der Waals surface area contributed by atoms with Crippen LogP contribution in [0.3, 0.4) is 0 Å².